The maximum absolute atomic E-state index is 13.4. The minimum absolute atomic E-state index is 0.0936. The lowest BCUT2D eigenvalue weighted by atomic mass is 9.96. The van der Waals surface area contributed by atoms with E-state index < -0.39 is 11.9 Å². The molecule has 11 nitrogen and oxygen atoms in total. The van der Waals surface area contributed by atoms with Gasteiger partial charge in [0.05, 0.1) is 27.8 Å². The van der Waals surface area contributed by atoms with Gasteiger partial charge in [-0.2, -0.15) is 0 Å². The predicted octanol–water partition coefficient (Wildman–Crippen LogP) is 4.87. The van der Waals surface area contributed by atoms with Gasteiger partial charge >= 0.3 is 11.9 Å². The Hall–Kier alpha value is -4.88. The van der Waals surface area contributed by atoms with Crippen LogP contribution < -0.4 is 10.1 Å². The number of carboxylic acid groups (broad SMARTS) is 2. The fraction of sp³-hybridized carbons (Fsp3) is 0.258. The number of ether oxygens (including phenoxy) is 1. The Morgan fingerprint density at radius 2 is 1.64 bits per heavy atom. The van der Waals surface area contributed by atoms with Crippen molar-refractivity contribution >= 4 is 55.6 Å². The Bertz CT molecular complexity index is 1760. The lowest BCUT2D eigenvalue weighted by molar-refractivity contribution is -0.159. The second-order valence-corrected chi connectivity index (χ2v) is 11.3. The molecule has 1 amide bonds. The molecule has 0 spiro atoms. The van der Waals surface area contributed by atoms with Gasteiger partial charge in [0.15, 0.2) is 5.13 Å². The van der Waals surface area contributed by atoms with Crippen molar-refractivity contribution in [3.05, 3.63) is 84.4 Å². The lowest BCUT2D eigenvalue weighted by Gasteiger charge is -2.31. The van der Waals surface area contributed by atoms with E-state index in [0.717, 1.165) is 59.8 Å². The zero-order chi connectivity index (χ0) is 31.1. The highest BCUT2D eigenvalue weighted by Gasteiger charge is 2.23. The number of likely N-dealkylation sites (tertiary alicyclic amines) is 1. The number of thiazole rings is 1. The number of fused-ring (bicyclic) bond motifs is 2. The van der Waals surface area contributed by atoms with E-state index in [2.05, 4.69) is 25.8 Å². The number of carboxylic acids is 2. The van der Waals surface area contributed by atoms with Crippen molar-refractivity contribution in [3.8, 4) is 5.75 Å². The second kappa shape index (κ2) is 14.1. The molecule has 13 heteroatoms. The molecular formula is C31H30FN5O6S. The average Bonchev–Trinajstić information content (AvgIpc) is 3.57. The van der Waals surface area contributed by atoms with Crippen molar-refractivity contribution in [1.82, 2.24) is 19.4 Å². The highest BCUT2D eigenvalue weighted by atomic mass is 32.1. The quantitative estimate of drug-likeness (QED) is 0.207. The van der Waals surface area contributed by atoms with E-state index in [0.29, 0.717) is 29.7 Å². The molecule has 3 N–H and O–H groups in total. The Labute approximate surface area is 255 Å². The van der Waals surface area contributed by atoms with Crippen LogP contribution in [0, 0.1) is 11.7 Å². The van der Waals surface area contributed by atoms with Crippen LogP contribution in [0.2, 0.25) is 0 Å². The summed E-state index contributed by atoms with van der Waals surface area (Å²) in [5, 5.41) is 18.2. The Morgan fingerprint density at radius 3 is 2.36 bits per heavy atom. The van der Waals surface area contributed by atoms with Crippen LogP contribution in [0.4, 0.5) is 9.52 Å². The molecule has 3 aromatic carbocycles. The van der Waals surface area contributed by atoms with Gasteiger partial charge in [-0.25, -0.2) is 23.9 Å². The first-order chi connectivity index (χ1) is 21.2. The molecule has 6 rings (SSSR count). The van der Waals surface area contributed by atoms with Gasteiger partial charge in [-0.15, -0.1) is 0 Å². The summed E-state index contributed by atoms with van der Waals surface area (Å²) in [4.78, 5) is 42.3. The number of hydrogen-bond donors (Lipinski definition) is 3. The Balaban J connectivity index is 0.000000584. The molecule has 0 unspecified atom stereocenters. The Morgan fingerprint density at radius 1 is 0.932 bits per heavy atom. The summed E-state index contributed by atoms with van der Waals surface area (Å²) >= 11 is 1.29. The number of carbonyl (C=O) groups excluding carboxylic acids is 1. The molecule has 0 bridgehead atoms. The number of aliphatic carboxylic acids is 2. The SMILES string of the molecule is O=C(CN1CCC(Cn2c(COc3ccccc3)nc3ccccc32)CC1)Nc1nc2ccc(F)cc2s1.O=C(O)C(=O)O. The number of anilines is 1. The molecular weight excluding hydrogens is 589 g/mol. The number of halogens is 1. The Kier molecular flexibility index (Phi) is 9.77. The minimum Gasteiger partial charge on any atom is -0.486 e. The summed E-state index contributed by atoms with van der Waals surface area (Å²) in [6.07, 6.45) is 2.00. The molecule has 2 aromatic heterocycles. The highest BCUT2D eigenvalue weighted by molar-refractivity contribution is 7.22. The molecule has 0 radical (unpaired) electrons. The predicted molar refractivity (Wildman–Crippen MR) is 163 cm³/mol. The molecule has 3 heterocycles. The van der Waals surface area contributed by atoms with Crippen molar-refractivity contribution in [2.75, 3.05) is 25.0 Å². The molecule has 44 heavy (non-hydrogen) atoms. The number of amides is 1. The number of imidazole rings is 1. The summed E-state index contributed by atoms with van der Waals surface area (Å²) in [5.41, 5.74) is 2.79. The largest absolute Gasteiger partial charge is 0.486 e. The first-order valence-corrected chi connectivity index (χ1v) is 14.7. The summed E-state index contributed by atoms with van der Waals surface area (Å²) in [6.45, 7) is 3.31. The summed E-state index contributed by atoms with van der Waals surface area (Å²) in [7, 11) is 0. The number of rotatable bonds is 8. The molecule has 0 aliphatic carbocycles. The smallest absolute Gasteiger partial charge is 0.414 e. The fourth-order valence-corrected chi connectivity index (χ4v) is 5.91. The van der Waals surface area contributed by atoms with E-state index in [1.54, 1.807) is 6.07 Å². The monoisotopic (exact) mass is 619 g/mol. The zero-order valence-corrected chi connectivity index (χ0v) is 24.4. The second-order valence-electron chi connectivity index (χ2n) is 10.2. The molecule has 1 saturated heterocycles. The van der Waals surface area contributed by atoms with Crippen molar-refractivity contribution in [2.24, 2.45) is 5.92 Å². The zero-order valence-electron chi connectivity index (χ0n) is 23.6. The third kappa shape index (κ3) is 7.94. The molecule has 1 aliphatic heterocycles. The highest BCUT2D eigenvalue weighted by Crippen LogP contribution is 2.27. The number of benzene rings is 3. The average molecular weight is 620 g/mol. The van der Waals surface area contributed by atoms with Crippen LogP contribution in [0.15, 0.2) is 72.8 Å². The molecule has 228 valence electrons. The number of aromatic nitrogens is 3. The molecule has 0 atom stereocenters. The first kappa shape index (κ1) is 30.6. The number of nitrogens with zero attached hydrogens (tertiary/aromatic N) is 4. The van der Waals surface area contributed by atoms with Crippen LogP contribution in [0.1, 0.15) is 18.7 Å². The van der Waals surface area contributed by atoms with E-state index in [1.165, 1.54) is 23.5 Å². The summed E-state index contributed by atoms with van der Waals surface area (Å²) in [5.74, 6) is -1.81. The number of carbonyl (C=O) groups is 3. The van der Waals surface area contributed by atoms with Crippen molar-refractivity contribution in [2.45, 2.75) is 26.0 Å². The van der Waals surface area contributed by atoms with E-state index in [4.69, 9.17) is 29.5 Å². The van der Waals surface area contributed by atoms with E-state index in [-0.39, 0.29) is 11.7 Å². The standard InChI is InChI=1S/C29H28FN5O2S.C2H2O4/c30-21-10-11-24-26(16-21)38-29(32-24)33-28(36)18-34-14-12-20(13-15-34)17-35-25-9-5-4-8-23(25)31-27(35)19-37-22-6-2-1-3-7-22;3-1(4)2(5)6/h1-11,16,20H,12-15,17-19H2,(H,32,33,36);(H,3,4)(H,5,6). The number of piperidine rings is 1. The third-order valence-corrected chi connectivity index (χ3v) is 8.07. The van der Waals surface area contributed by atoms with Gasteiger partial charge in [-0.05, 0) is 74.3 Å². The molecule has 1 fully saturated rings. The van der Waals surface area contributed by atoms with Gasteiger partial charge in [0.2, 0.25) is 5.91 Å². The summed E-state index contributed by atoms with van der Waals surface area (Å²) in [6, 6.07) is 22.5. The minimum atomic E-state index is -1.82. The maximum atomic E-state index is 13.4. The van der Waals surface area contributed by atoms with Gasteiger partial charge in [-0.1, -0.05) is 41.7 Å². The molecule has 1 aliphatic rings. The summed E-state index contributed by atoms with van der Waals surface area (Å²) < 4.78 is 22.5. The third-order valence-electron chi connectivity index (χ3n) is 7.14. The number of nitrogens with one attached hydrogen (secondary N) is 1. The van der Waals surface area contributed by atoms with Crippen molar-refractivity contribution in [1.29, 1.82) is 0 Å². The van der Waals surface area contributed by atoms with E-state index in [1.807, 2.05) is 48.5 Å². The maximum Gasteiger partial charge on any atom is 0.414 e. The van der Waals surface area contributed by atoms with Crippen LogP contribution in [0.3, 0.4) is 0 Å². The van der Waals surface area contributed by atoms with Gasteiger partial charge in [0.25, 0.3) is 0 Å². The number of para-hydroxylation sites is 3. The van der Waals surface area contributed by atoms with Crippen LogP contribution in [0.25, 0.3) is 21.3 Å². The van der Waals surface area contributed by atoms with Crippen LogP contribution in [-0.4, -0.2) is 67.1 Å². The van der Waals surface area contributed by atoms with Gasteiger partial charge < -0.3 is 24.8 Å². The van der Waals surface area contributed by atoms with Crippen LogP contribution >= 0.6 is 11.3 Å². The van der Waals surface area contributed by atoms with Gasteiger partial charge in [0.1, 0.15) is 24.0 Å². The fourth-order valence-electron chi connectivity index (χ4n) is 5.00. The normalized spacial score (nSPS) is 13.8. The van der Waals surface area contributed by atoms with Crippen LogP contribution in [0.5, 0.6) is 5.75 Å². The van der Waals surface area contributed by atoms with E-state index >= 15 is 0 Å². The van der Waals surface area contributed by atoms with Crippen molar-refractivity contribution < 1.29 is 33.7 Å². The number of hydrogen-bond acceptors (Lipinski definition) is 8. The molecule has 0 saturated carbocycles. The lowest BCUT2D eigenvalue weighted by Crippen LogP contribution is -2.40. The molecule has 5 aromatic rings. The first-order valence-electron chi connectivity index (χ1n) is 13.9. The van der Waals surface area contributed by atoms with Crippen molar-refractivity contribution in [3.63, 3.8) is 0 Å². The van der Waals surface area contributed by atoms with Crippen LogP contribution in [-0.2, 0) is 27.5 Å². The van der Waals surface area contributed by atoms with Gasteiger partial charge in [0, 0.05) is 6.54 Å². The van der Waals surface area contributed by atoms with E-state index in [9.17, 15) is 9.18 Å². The van der Waals surface area contributed by atoms with Gasteiger partial charge in [-0.3, -0.25) is 9.69 Å². The topological polar surface area (TPSA) is 147 Å².